The number of hydrogen-bond acceptors (Lipinski definition) is 6. The molecule has 3 N–H and O–H groups in total. The van der Waals surface area contributed by atoms with Gasteiger partial charge in [-0.05, 0) is 11.6 Å². The Hall–Kier alpha value is -3.16. The summed E-state index contributed by atoms with van der Waals surface area (Å²) in [5.41, 5.74) is 5.72. The number of nitrogens with one attached hydrogen (secondary N) is 3. The van der Waals surface area contributed by atoms with Gasteiger partial charge in [0.25, 0.3) is 5.91 Å². The third-order valence-corrected chi connectivity index (χ3v) is 2.49. The van der Waals surface area contributed by atoms with Gasteiger partial charge in [-0.1, -0.05) is 30.3 Å². The quantitative estimate of drug-likeness (QED) is 0.683. The minimum atomic E-state index is -0.671. The van der Waals surface area contributed by atoms with E-state index >= 15 is 0 Å². The molecule has 0 radical (unpaired) electrons. The molecular formula is C14H15N5O3. The van der Waals surface area contributed by atoms with Crippen molar-refractivity contribution < 1.29 is 14.3 Å². The summed E-state index contributed by atoms with van der Waals surface area (Å²) in [5, 5.41) is 2.33. The first-order valence-electron chi connectivity index (χ1n) is 6.50. The number of hydrazine groups is 1. The molecule has 0 bridgehead atoms. The van der Waals surface area contributed by atoms with E-state index in [4.69, 9.17) is 4.74 Å². The van der Waals surface area contributed by atoms with Gasteiger partial charge in [-0.25, -0.2) is 14.8 Å². The van der Waals surface area contributed by atoms with E-state index in [1.807, 2.05) is 30.3 Å². The van der Waals surface area contributed by atoms with Crippen molar-refractivity contribution in [1.82, 2.24) is 20.7 Å². The van der Waals surface area contributed by atoms with Crippen LogP contribution < -0.4 is 16.2 Å². The average Bonchev–Trinajstić information content (AvgIpc) is 2.58. The van der Waals surface area contributed by atoms with Crippen molar-refractivity contribution >= 4 is 17.9 Å². The first kappa shape index (κ1) is 15.2. The van der Waals surface area contributed by atoms with Gasteiger partial charge < -0.3 is 10.1 Å². The molecule has 1 aromatic heterocycles. The molecule has 1 heterocycles. The molecule has 0 spiro atoms. The molecule has 8 heteroatoms. The molecule has 22 heavy (non-hydrogen) atoms. The van der Waals surface area contributed by atoms with E-state index in [-0.39, 0.29) is 19.1 Å². The molecule has 0 saturated carbocycles. The van der Waals surface area contributed by atoms with Crippen LogP contribution in [0, 0.1) is 0 Å². The summed E-state index contributed by atoms with van der Waals surface area (Å²) in [6, 6.07) is 10.9. The molecule has 2 aromatic rings. The summed E-state index contributed by atoms with van der Waals surface area (Å²) in [5.74, 6) is -0.202. The number of aromatic nitrogens is 2. The summed E-state index contributed by atoms with van der Waals surface area (Å²) < 4.78 is 4.97. The van der Waals surface area contributed by atoms with Crippen molar-refractivity contribution in [1.29, 1.82) is 0 Å². The lowest BCUT2D eigenvalue weighted by Gasteiger charge is -2.08. The number of carbonyl (C=O) groups excluding carboxylic acids is 2. The number of alkyl carbamates (subject to hydrolysis) is 1. The fourth-order valence-corrected chi connectivity index (χ4v) is 1.46. The van der Waals surface area contributed by atoms with Crippen LogP contribution in [-0.2, 0) is 16.1 Å². The van der Waals surface area contributed by atoms with Gasteiger partial charge in [0.1, 0.15) is 13.2 Å². The van der Waals surface area contributed by atoms with E-state index in [1.54, 1.807) is 6.07 Å². The second-order valence-electron chi connectivity index (χ2n) is 4.16. The van der Waals surface area contributed by atoms with Crippen LogP contribution >= 0.6 is 0 Å². The molecule has 0 unspecified atom stereocenters. The van der Waals surface area contributed by atoms with E-state index in [1.165, 1.54) is 12.4 Å². The SMILES string of the molecule is O=C(CNC(=O)OCc1ccccc1)NNc1ncccn1. The Labute approximate surface area is 126 Å². The van der Waals surface area contributed by atoms with Crippen molar-refractivity contribution in [2.45, 2.75) is 6.61 Å². The molecule has 0 atom stereocenters. The summed E-state index contributed by atoms with van der Waals surface area (Å²) in [7, 11) is 0. The van der Waals surface area contributed by atoms with Gasteiger partial charge in [0, 0.05) is 12.4 Å². The molecule has 0 aliphatic heterocycles. The van der Waals surface area contributed by atoms with E-state index in [9.17, 15) is 9.59 Å². The summed E-state index contributed by atoms with van der Waals surface area (Å²) in [6.45, 7) is -0.0855. The van der Waals surface area contributed by atoms with Gasteiger partial charge in [-0.15, -0.1) is 0 Å². The number of nitrogens with zero attached hydrogens (tertiary/aromatic N) is 2. The summed E-state index contributed by atoms with van der Waals surface area (Å²) in [4.78, 5) is 30.7. The fourth-order valence-electron chi connectivity index (χ4n) is 1.46. The van der Waals surface area contributed by atoms with Crippen molar-refractivity contribution in [3.8, 4) is 0 Å². The third kappa shape index (κ3) is 5.45. The van der Waals surface area contributed by atoms with Gasteiger partial charge >= 0.3 is 6.09 Å². The highest BCUT2D eigenvalue weighted by molar-refractivity contribution is 5.82. The highest BCUT2D eigenvalue weighted by Gasteiger charge is 2.06. The van der Waals surface area contributed by atoms with Gasteiger partial charge in [0.2, 0.25) is 5.95 Å². The maximum Gasteiger partial charge on any atom is 0.407 e. The minimum Gasteiger partial charge on any atom is -0.445 e. The molecule has 0 saturated heterocycles. The van der Waals surface area contributed by atoms with Crippen LogP contribution in [0.1, 0.15) is 5.56 Å². The highest BCUT2D eigenvalue weighted by Crippen LogP contribution is 2.00. The number of hydrogen-bond donors (Lipinski definition) is 3. The summed E-state index contributed by atoms with van der Waals surface area (Å²) >= 11 is 0. The molecule has 8 nitrogen and oxygen atoms in total. The minimum absolute atomic E-state index is 0.143. The Kier molecular flexibility index (Phi) is 5.68. The average molecular weight is 301 g/mol. The van der Waals surface area contributed by atoms with Gasteiger partial charge in [-0.2, -0.15) is 0 Å². The van der Waals surface area contributed by atoms with Crippen molar-refractivity contribution in [2.75, 3.05) is 12.0 Å². The Bertz CT molecular complexity index is 551. The van der Waals surface area contributed by atoms with E-state index < -0.39 is 12.0 Å². The topological polar surface area (TPSA) is 105 Å². The van der Waals surface area contributed by atoms with Crippen LogP contribution in [0.4, 0.5) is 10.7 Å². The molecule has 2 amide bonds. The number of benzene rings is 1. The van der Waals surface area contributed by atoms with Gasteiger partial charge in [0.15, 0.2) is 0 Å². The fraction of sp³-hybridized carbons (Fsp3) is 0.143. The van der Waals surface area contributed by atoms with Crippen LogP contribution in [0.2, 0.25) is 0 Å². The largest absolute Gasteiger partial charge is 0.445 e. The zero-order valence-electron chi connectivity index (χ0n) is 11.7. The molecule has 0 aliphatic carbocycles. The second kappa shape index (κ2) is 8.20. The first-order chi connectivity index (χ1) is 10.7. The Morgan fingerprint density at radius 1 is 1.05 bits per heavy atom. The molecular weight excluding hydrogens is 286 g/mol. The Balaban J connectivity index is 1.62. The Morgan fingerprint density at radius 2 is 1.77 bits per heavy atom. The predicted molar refractivity (Wildman–Crippen MR) is 78.4 cm³/mol. The summed E-state index contributed by atoms with van der Waals surface area (Å²) in [6.07, 6.45) is 2.39. The smallest absolute Gasteiger partial charge is 0.407 e. The van der Waals surface area contributed by atoms with E-state index in [0.717, 1.165) is 5.56 Å². The van der Waals surface area contributed by atoms with Crippen LogP contribution in [0.15, 0.2) is 48.8 Å². The van der Waals surface area contributed by atoms with E-state index in [2.05, 4.69) is 26.1 Å². The molecule has 0 aliphatic rings. The number of rotatable bonds is 6. The van der Waals surface area contributed by atoms with Crippen LogP contribution in [0.5, 0.6) is 0 Å². The standard InChI is InChI=1S/C14H15N5O3/c20-12(18-19-13-15-7-4-8-16-13)9-17-14(21)22-10-11-5-2-1-3-6-11/h1-8H,9-10H2,(H,17,21)(H,18,20)(H,15,16,19). The van der Waals surface area contributed by atoms with Gasteiger partial charge in [0.05, 0.1) is 0 Å². The lowest BCUT2D eigenvalue weighted by atomic mass is 10.2. The Morgan fingerprint density at radius 3 is 2.50 bits per heavy atom. The highest BCUT2D eigenvalue weighted by atomic mass is 16.5. The number of ether oxygens (including phenoxy) is 1. The maximum atomic E-state index is 11.5. The molecule has 1 aromatic carbocycles. The predicted octanol–water partition coefficient (Wildman–Crippen LogP) is 0.846. The monoisotopic (exact) mass is 301 g/mol. The number of carbonyl (C=O) groups is 2. The number of amides is 2. The molecule has 114 valence electrons. The maximum absolute atomic E-state index is 11.5. The zero-order chi connectivity index (χ0) is 15.6. The van der Waals surface area contributed by atoms with Crippen LogP contribution in [-0.4, -0.2) is 28.5 Å². The van der Waals surface area contributed by atoms with Gasteiger partial charge in [-0.3, -0.25) is 15.6 Å². The normalized spacial score (nSPS) is 9.64. The lowest BCUT2D eigenvalue weighted by Crippen LogP contribution is -2.40. The lowest BCUT2D eigenvalue weighted by molar-refractivity contribution is -0.119. The third-order valence-electron chi connectivity index (χ3n) is 2.49. The molecule has 2 rings (SSSR count). The van der Waals surface area contributed by atoms with E-state index in [0.29, 0.717) is 0 Å². The van der Waals surface area contributed by atoms with Crippen LogP contribution in [0.25, 0.3) is 0 Å². The zero-order valence-corrected chi connectivity index (χ0v) is 11.7. The molecule has 0 fully saturated rings. The second-order valence-corrected chi connectivity index (χ2v) is 4.16. The van der Waals surface area contributed by atoms with Crippen molar-refractivity contribution in [2.24, 2.45) is 0 Å². The first-order valence-corrected chi connectivity index (χ1v) is 6.50. The van der Waals surface area contributed by atoms with Crippen LogP contribution in [0.3, 0.4) is 0 Å². The van der Waals surface area contributed by atoms with Crippen molar-refractivity contribution in [3.05, 3.63) is 54.4 Å². The van der Waals surface area contributed by atoms with Crippen molar-refractivity contribution in [3.63, 3.8) is 0 Å². The number of anilines is 1.